The standard InChI is InChI=1S/C13H18ClN5/c1-19(9-6-4-2-3-5-7-9)12-10-11(16-8-15-10)17-13(14)18-12/h8-9H,2-7H2,1H3,(H,15,16,17,18). The van der Waals surface area contributed by atoms with Crippen LogP contribution in [0.3, 0.4) is 0 Å². The molecule has 2 heterocycles. The summed E-state index contributed by atoms with van der Waals surface area (Å²) in [5.41, 5.74) is 1.51. The second-order valence-corrected chi connectivity index (χ2v) is 5.51. The van der Waals surface area contributed by atoms with Gasteiger partial charge in [-0.05, 0) is 24.4 Å². The minimum absolute atomic E-state index is 0.259. The van der Waals surface area contributed by atoms with Crippen LogP contribution in [-0.4, -0.2) is 33.0 Å². The van der Waals surface area contributed by atoms with Crippen molar-refractivity contribution in [1.82, 2.24) is 19.9 Å². The van der Waals surface area contributed by atoms with Crippen LogP contribution in [0.4, 0.5) is 5.82 Å². The van der Waals surface area contributed by atoms with Gasteiger partial charge in [0.15, 0.2) is 11.5 Å². The van der Waals surface area contributed by atoms with Crippen LogP contribution in [0.15, 0.2) is 6.33 Å². The van der Waals surface area contributed by atoms with Gasteiger partial charge in [0.2, 0.25) is 5.28 Å². The molecule has 1 saturated carbocycles. The maximum Gasteiger partial charge on any atom is 0.226 e. The third-order valence-corrected chi connectivity index (χ3v) is 4.11. The van der Waals surface area contributed by atoms with Crippen LogP contribution in [0, 0.1) is 0 Å². The summed E-state index contributed by atoms with van der Waals surface area (Å²) in [6.45, 7) is 0. The Morgan fingerprint density at radius 2 is 1.95 bits per heavy atom. The topological polar surface area (TPSA) is 57.7 Å². The van der Waals surface area contributed by atoms with Crippen LogP contribution in [0.2, 0.25) is 5.28 Å². The molecule has 1 aliphatic carbocycles. The third-order valence-electron chi connectivity index (χ3n) is 3.95. The number of rotatable bonds is 2. The van der Waals surface area contributed by atoms with Crippen LogP contribution in [0.1, 0.15) is 38.5 Å². The van der Waals surface area contributed by atoms with E-state index in [-0.39, 0.29) is 5.28 Å². The number of aromatic amines is 1. The van der Waals surface area contributed by atoms with Gasteiger partial charge in [-0.3, -0.25) is 0 Å². The van der Waals surface area contributed by atoms with Crippen molar-refractivity contribution < 1.29 is 0 Å². The van der Waals surface area contributed by atoms with E-state index in [1.54, 1.807) is 6.33 Å². The largest absolute Gasteiger partial charge is 0.355 e. The Bertz CT molecular complexity index is 559. The first-order chi connectivity index (χ1) is 9.25. The van der Waals surface area contributed by atoms with Crippen LogP contribution in [0.5, 0.6) is 0 Å². The van der Waals surface area contributed by atoms with E-state index in [0.29, 0.717) is 11.7 Å². The third kappa shape index (κ3) is 2.52. The molecule has 0 aliphatic heterocycles. The Kier molecular flexibility index (Phi) is 3.55. The zero-order valence-corrected chi connectivity index (χ0v) is 11.8. The number of anilines is 1. The first-order valence-electron chi connectivity index (χ1n) is 6.85. The summed E-state index contributed by atoms with van der Waals surface area (Å²) in [7, 11) is 2.09. The van der Waals surface area contributed by atoms with E-state index in [2.05, 4.69) is 31.9 Å². The van der Waals surface area contributed by atoms with Crippen LogP contribution < -0.4 is 4.90 Å². The molecule has 19 heavy (non-hydrogen) atoms. The van der Waals surface area contributed by atoms with Crippen molar-refractivity contribution in [2.75, 3.05) is 11.9 Å². The summed E-state index contributed by atoms with van der Waals surface area (Å²) in [6, 6.07) is 0.528. The van der Waals surface area contributed by atoms with Gasteiger partial charge in [0, 0.05) is 13.1 Å². The van der Waals surface area contributed by atoms with Gasteiger partial charge in [0.25, 0.3) is 0 Å². The lowest BCUT2D eigenvalue weighted by molar-refractivity contribution is 0.550. The van der Waals surface area contributed by atoms with Crippen molar-refractivity contribution in [3.05, 3.63) is 11.6 Å². The van der Waals surface area contributed by atoms with Crippen molar-refractivity contribution in [2.45, 2.75) is 44.6 Å². The molecule has 0 amide bonds. The fraction of sp³-hybridized carbons (Fsp3) is 0.615. The number of fused-ring (bicyclic) bond motifs is 1. The Labute approximate surface area is 117 Å². The van der Waals surface area contributed by atoms with Crippen molar-refractivity contribution in [3.8, 4) is 0 Å². The molecule has 1 fully saturated rings. The molecule has 1 aliphatic rings. The quantitative estimate of drug-likeness (QED) is 0.678. The normalized spacial score (nSPS) is 17.6. The summed E-state index contributed by atoms with van der Waals surface area (Å²) in [6.07, 6.45) is 9.34. The smallest absolute Gasteiger partial charge is 0.226 e. The van der Waals surface area contributed by atoms with Crippen molar-refractivity contribution in [3.63, 3.8) is 0 Å². The molecule has 0 atom stereocenters. The molecule has 6 heteroatoms. The van der Waals surface area contributed by atoms with Gasteiger partial charge in [0.05, 0.1) is 6.33 Å². The lowest BCUT2D eigenvalue weighted by atomic mass is 10.1. The first kappa shape index (κ1) is 12.7. The zero-order chi connectivity index (χ0) is 13.2. The molecule has 0 spiro atoms. The van der Waals surface area contributed by atoms with Gasteiger partial charge in [-0.25, -0.2) is 4.98 Å². The number of hydrogen-bond donors (Lipinski definition) is 1. The molecular weight excluding hydrogens is 262 g/mol. The average Bonchev–Trinajstić information content (AvgIpc) is 2.70. The summed E-state index contributed by atoms with van der Waals surface area (Å²) in [4.78, 5) is 18.0. The highest BCUT2D eigenvalue weighted by atomic mass is 35.5. The number of H-pyrrole nitrogens is 1. The Morgan fingerprint density at radius 1 is 1.21 bits per heavy atom. The van der Waals surface area contributed by atoms with E-state index in [0.717, 1.165) is 11.3 Å². The molecule has 0 radical (unpaired) electrons. The Hall–Kier alpha value is -1.36. The molecule has 5 nitrogen and oxygen atoms in total. The van der Waals surface area contributed by atoms with Crippen LogP contribution >= 0.6 is 11.6 Å². The molecule has 0 unspecified atom stereocenters. The van der Waals surface area contributed by atoms with Gasteiger partial charge < -0.3 is 9.88 Å². The van der Waals surface area contributed by atoms with E-state index >= 15 is 0 Å². The molecular formula is C13H18ClN5. The number of imidazole rings is 1. The molecule has 102 valence electrons. The van der Waals surface area contributed by atoms with Crippen LogP contribution in [0.25, 0.3) is 11.2 Å². The van der Waals surface area contributed by atoms with Gasteiger partial charge >= 0.3 is 0 Å². The van der Waals surface area contributed by atoms with E-state index in [9.17, 15) is 0 Å². The second kappa shape index (κ2) is 5.33. The van der Waals surface area contributed by atoms with E-state index in [1.807, 2.05) is 0 Å². The highest BCUT2D eigenvalue weighted by Crippen LogP contribution is 2.28. The molecule has 1 N–H and O–H groups in total. The molecule has 2 aromatic heterocycles. The molecule has 3 rings (SSSR count). The maximum absolute atomic E-state index is 5.99. The highest BCUT2D eigenvalue weighted by Gasteiger charge is 2.21. The van der Waals surface area contributed by atoms with Crippen LogP contribution in [-0.2, 0) is 0 Å². The minimum atomic E-state index is 0.259. The monoisotopic (exact) mass is 279 g/mol. The Balaban J connectivity index is 1.95. The predicted octanol–water partition coefficient (Wildman–Crippen LogP) is 3.17. The minimum Gasteiger partial charge on any atom is -0.355 e. The van der Waals surface area contributed by atoms with E-state index < -0.39 is 0 Å². The lowest BCUT2D eigenvalue weighted by Gasteiger charge is -2.28. The number of hydrogen-bond acceptors (Lipinski definition) is 4. The number of nitrogens with zero attached hydrogens (tertiary/aromatic N) is 4. The van der Waals surface area contributed by atoms with Gasteiger partial charge in [-0.1, -0.05) is 25.7 Å². The SMILES string of the molecule is CN(c1nc(Cl)nc2nc[nH]c12)C1CCCCCC1. The number of nitrogens with one attached hydrogen (secondary N) is 1. The van der Waals surface area contributed by atoms with E-state index in [4.69, 9.17) is 11.6 Å². The van der Waals surface area contributed by atoms with Gasteiger partial charge in [0.1, 0.15) is 5.52 Å². The van der Waals surface area contributed by atoms with Gasteiger partial charge in [-0.2, -0.15) is 9.97 Å². The second-order valence-electron chi connectivity index (χ2n) is 5.17. The summed E-state index contributed by atoms with van der Waals surface area (Å²) in [5, 5.41) is 0.259. The van der Waals surface area contributed by atoms with Crippen molar-refractivity contribution in [1.29, 1.82) is 0 Å². The lowest BCUT2D eigenvalue weighted by Crippen LogP contribution is -2.32. The fourth-order valence-electron chi connectivity index (χ4n) is 2.87. The number of halogens is 1. The summed E-state index contributed by atoms with van der Waals surface area (Å²) in [5.74, 6) is 0.861. The zero-order valence-electron chi connectivity index (χ0n) is 11.1. The fourth-order valence-corrected chi connectivity index (χ4v) is 3.03. The molecule has 0 bridgehead atoms. The van der Waals surface area contributed by atoms with Crippen molar-refractivity contribution in [2.24, 2.45) is 0 Å². The maximum atomic E-state index is 5.99. The van der Waals surface area contributed by atoms with Gasteiger partial charge in [-0.15, -0.1) is 0 Å². The highest BCUT2D eigenvalue weighted by molar-refractivity contribution is 6.28. The summed E-state index contributed by atoms with van der Waals surface area (Å²) >= 11 is 5.99. The molecule has 0 saturated heterocycles. The average molecular weight is 280 g/mol. The number of aromatic nitrogens is 4. The first-order valence-corrected chi connectivity index (χ1v) is 7.23. The van der Waals surface area contributed by atoms with Crippen molar-refractivity contribution >= 4 is 28.6 Å². The Morgan fingerprint density at radius 3 is 2.68 bits per heavy atom. The molecule has 0 aromatic carbocycles. The molecule has 2 aromatic rings. The predicted molar refractivity (Wildman–Crippen MR) is 76.6 cm³/mol. The van der Waals surface area contributed by atoms with E-state index in [1.165, 1.54) is 38.5 Å². The summed E-state index contributed by atoms with van der Waals surface area (Å²) < 4.78 is 0.